The van der Waals surface area contributed by atoms with E-state index in [1.165, 1.54) is 0 Å². The molecule has 0 aromatic rings. The third-order valence-corrected chi connectivity index (χ3v) is 4.36. The summed E-state index contributed by atoms with van der Waals surface area (Å²) in [6.07, 6.45) is 0.299. The molecule has 0 radical (unpaired) electrons. The minimum atomic E-state index is -3.09. The van der Waals surface area contributed by atoms with Crippen LogP contribution >= 0.6 is 0 Å². The molecule has 0 aromatic carbocycles. The molecule has 11 heavy (non-hydrogen) atoms. The quantitative estimate of drug-likeness (QED) is 0.607. The minimum absolute atomic E-state index is 0.0112. The van der Waals surface area contributed by atoms with Crippen LogP contribution in [0, 0.1) is 5.92 Å². The van der Waals surface area contributed by atoms with Crippen LogP contribution in [0.25, 0.3) is 0 Å². The Morgan fingerprint density at radius 2 is 2.18 bits per heavy atom. The van der Waals surface area contributed by atoms with E-state index in [9.17, 15) is 12.8 Å². The lowest BCUT2D eigenvalue weighted by Gasteiger charge is -2.19. The van der Waals surface area contributed by atoms with Gasteiger partial charge in [-0.2, -0.15) is 0 Å². The Morgan fingerprint density at radius 3 is 2.36 bits per heavy atom. The molecule has 0 aliphatic carbocycles. The molecule has 1 saturated heterocycles. The standard InChI is InChI=1S/C7H13FO2S/c1-3-7(8)5-11(9,10)4-6(7)2/h6H,3-5H2,1-2H3. The Labute approximate surface area is 66.7 Å². The molecule has 1 heterocycles. The molecule has 0 aromatic heterocycles. The van der Waals surface area contributed by atoms with Gasteiger partial charge in [-0.25, -0.2) is 12.8 Å². The van der Waals surface area contributed by atoms with Crippen LogP contribution in [0.3, 0.4) is 0 Å². The smallest absolute Gasteiger partial charge is 0.153 e. The van der Waals surface area contributed by atoms with Crippen molar-refractivity contribution in [3.63, 3.8) is 0 Å². The van der Waals surface area contributed by atoms with E-state index in [2.05, 4.69) is 0 Å². The molecule has 4 heteroatoms. The lowest BCUT2D eigenvalue weighted by atomic mass is 9.92. The highest BCUT2D eigenvalue weighted by Crippen LogP contribution is 2.35. The Morgan fingerprint density at radius 1 is 1.64 bits per heavy atom. The monoisotopic (exact) mass is 180 g/mol. The lowest BCUT2D eigenvalue weighted by Crippen LogP contribution is -2.29. The van der Waals surface area contributed by atoms with Gasteiger partial charge < -0.3 is 0 Å². The number of halogens is 1. The van der Waals surface area contributed by atoms with Gasteiger partial charge in [0.15, 0.2) is 9.84 Å². The van der Waals surface area contributed by atoms with Crippen molar-refractivity contribution in [2.75, 3.05) is 11.5 Å². The summed E-state index contributed by atoms with van der Waals surface area (Å²) in [6.45, 7) is 3.35. The Bertz CT molecular complexity index is 247. The van der Waals surface area contributed by atoms with Crippen LogP contribution in [-0.4, -0.2) is 25.6 Å². The summed E-state index contributed by atoms with van der Waals surface area (Å²) in [4.78, 5) is 0. The fraction of sp³-hybridized carbons (Fsp3) is 1.00. The first-order chi connectivity index (χ1) is 4.90. The van der Waals surface area contributed by atoms with E-state index < -0.39 is 15.5 Å². The van der Waals surface area contributed by atoms with Crippen LogP contribution < -0.4 is 0 Å². The van der Waals surface area contributed by atoms with Crippen molar-refractivity contribution in [2.45, 2.75) is 25.9 Å². The van der Waals surface area contributed by atoms with Crippen molar-refractivity contribution >= 4 is 9.84 Å². The highest BCUT2D eigenvalue weighted by molar-refractivity contribution is 7.91. The summed E-state index contributed by atoms with van der Waals surface area (Å²) in [5.74, 6) is -0.604. The molecular formula is C7H13FO2S. The second-order valence-corrected chi connectivity index (χ2v) is 5.45. The average Bonchev–Trinajstić information content (AvgIpc) is 2.03. The molecule has 1 fully saturated rings. The second kappa shape index (κ2) is 2.44. The Balaban J connectivity index is 2.90. The number of alkyl halides is 1. The van der Waals surface area contributed by atoms with Crippen LogP contribution in [-0.2, 0) is 9.84 Å². The van der Waals surface area contributed by atoms with Gasteiger partial charge in [-0.05, 0) is 6.42 Å². The van der Waals surface area contributed by atoms with E-state index in [0.29, 0.717) is 6.42 Å². The van der Waals surface area contributed by atoms with Gasteiger partial charge in [-0.3, -0.25) is 0 Å². The fourth-order valence-corrected chi connectivity index (χ4v) is 3.95. The van der Waals surface area contributed by atoms with Crippen molar-refractivity contribution in [3.05, 3.63) is 0 Å². The first kappa shape index (κ1) is 8.97. The summed E-state index contributed by atoms with van der Waals surface area (Å²) < 4.78 is 35.5. The van der Waals surface area contributed by atoms with E-state index in [1.54, 1.807) is 13.8 Å². The molecule has 0 spiro atoms. The van der Waals surface area contributed by atoms with Crippen LogP contribution in [0.15, 0.2) is 0 Å². The highest BCUT2D eigenvalue weighted by atomic mass is 32.2. The second-order valence-electron chi connectivity index (χ2n) is 3.34. The van der Waals surface area contributed by atoms with Gasteiger partial charge in [-0.15, -0.1) is 0 Å². The van der Waals surface area contributed by atoms with Crippen LogP contribution in [0.2, 0.25) is 0 Å². The maximum Gasteiger partial charge on any atom is 0.153 e. The first-order valence-electron chi connectivity index (χ1n) is 3.79. The van der Waals surface area contributed by atoms with E-state index in [0.717, 1.165) is 0 Å². The van der Waals surface area contributed by atoms with Gasteiger partial charge >= 0.3 is 0 Å². The minimum Gasteiger partial charge on any atom is -0.242 e. The van der Waals surface area contributed by atoms with E-state index in [-0.39, 0.29) is 17.4 Å². The molecule has 2 nitrogen and oxygen atoms in total. The molecule has 0 saturated carbocycles. The predicted octanol–water partition coefficient (Wildman–Crippen LogP) is 1.17. The van der Waals surface area contributed by atoms with E-state index >= 15 is 0 Å². The molecule has 1 aliphatic rings. The normalized spacial score (nSPS) is 42.6. The molecule has 2 unspecified atom stereocenters. The predicted molar refractivity (Wildman–Crippen MR) is 41.9 cm³/mol. The lowest BCUT2D eigenvalue weighted by molar-refractivity contribution is 0.136. The number of hydrogen-bond acceptors (Lipinski definition) is 2. The summed E-state index contributed by atoms with van der Waals surface area (Å²) >= 11 is 0. The third-order valence-electron chi connectivity index (χ3n) is 2.43. The van der Waals surface area contributed by atoms with Crippen molar-refractivity contribution < 1.29 is 12.8 Å². The number of rotatable bonds is 1. The third kappa shape index (κ3) is 1.55. The number of hydrogen-bond donors (Lipinski definition) is 0. The SMILES string of the molecule is CCC1(F)CS(=O)(=O)CC1C. The first-order valence-corrected chi connectivity index (χ1v) is 5.61. The molecular weight excluding hydrogens is 167 g/mol. The zero-order chi connectivity index (χ0) is 8.70. The maximum absolute atomic E-state index is 13.6. The largest absolute Gasteiger partial charge is 0.242 e. The molecule has 66 valence electrons. The molecule has 1 rings (SSSR count). The molecule has 1 aliphatic heterocycles. The zero-order valence-corrected chi connectivity index (χ0v) is 7.62. The van der Waals surface area contributed by atoms with E-state index in [4.69, 9.17) is 0 Å². The maximum atomic E-state index is 13.6. The summed E-state index contributed by atoms with van der Waals surface area (Å²) in [7, 11) is -3.09. The van der Waals surface area contributed by atoms with Crippen molar-refractivity contribution in [1.82, 2.24) is 0 Å². The number of sulfone groups is 1. The highest BCUT2D eigenvalue weighted by Gasteiger charge is 2.47. The fourth-order valence-electron chi connectivity index (χ4n) is 1.55. The van der Waals surface area contributed by atoms with E-state index in [1.807, 2.05) is 0 Å². The topological polar surface area (TPSA) is 34.1 Å². The molecule has 0 amide bonds. The van der Waals surface area contributed by atoms with Gasteiger partial charge in [0.2, 0.25) is 0 Å². The molecule has 0 N–H and O–H groups in total. The Kier molecular flexibility index (Phi) is 1.99. The van der Waals surface area contributed by atoms with Crippen LogP contribution in [0.5, 0.6) is 0 Å². The zero-order valence-electron chi connectivity index (χ0n) is 6.80. The molecule has 2 atom stereocenters. The summed E-state index contributed by atoms with van der Waals surface area (Å²) in [5, 5.41) is 0. The average molecular weight is 180 g/mol. The van der Waals surface area contributed by atoms with Gasteiger partial charge in [0.25, 0.3) is 0 Å². The van der Waals surface area contributed by atoms with Gasteiger partial charge in [-0.1, -0.05) is 13.8 Å². The molecule has 0 bridgehead atoms. The van der Waals surface area contributed by atoms with Crippen LogP contribution in [0.4, 0.5) is 4.39 Å². The van der Waals surface area contributed by atoms with Crippen molar-refractivity contribution in [2.24, 2.45) is 5.92 Å². The van der Waals surface area contributed by atoms with Gasteiger partial charge in [0.05, 0.1) is 11.5 Å². The Hall–Kier alpha value is -0.120. The van der Waals surface area contributed by atoms with Crippen molar-refractivity contribution in [1.29, 1.82) is 0 Å². The van der Waals surface area contributed by atoms with Gasteiger partial charge in [0, 0.05) is 5.92 Å². The van der Waals surface area contributed by atoms with Crippen LogP contribution in [0.1, 0.15) is 20.3 Å². The summed E-state index contributed by atoms with van der Waals surface area (Å²) in [5.41, 5.74) is -1.46. The van der Waals surface area contributed by atoms with Crippen molar-refractivity contribution in [3.8, 4) is 0 Å². The summed E-state index contributed by atoms with van der Waals surface area (Å²) in [6, 6.07) is 0. The van der Waals surface area contributed by atoms with Gasteiger partial charge in [0.1, 0.15) is 5.67 Å².